The monoisotopic (exact) mass is 374 g/mol. The Hall–Kier alpha value is -2.13. The first-order chi connectivity index (χ1) is 12.2. The minimum atomic E-state index is 0.110. The van der Waals surface area contributed by atoms with Gasteiger partial charge in [0.05, 0.1) is 21.0 Å². The van der Waals surface area contributed by atoms with E-state index in [9.17, 15) is 4.79 Å². The molecule has 0 spiro atoms. The number of nitrogen functional groups attached to an aromatic ring is 1. The Morgan fingerprint density at radius 2 is 2.28 bits per heavy atom. The Kier molecular flexibility index (Phi) is 4.58. The van der Waals surface area contributed by atoms with E-state index in [4.69, 9.17) is 10.7 Å². The smallest absolute Gasteiger partial charge is 0.233 e. The van der Waals surface area contributed by atoms with Gasteiger partial charge in [-0.2, -0.15) is 4.98 Å². The fourth-order valence-electron chi connectivity index (χ4n) is 3.01. The number of fused-ring (bicyclic) bond motifs is 1. The lowest BCUT2D eigenvalue weighted by Crippen LogP contribution is -2.40. The van der Waals surface area contributed by atoms with E-state index in [1.807, 2.05) is 23.1 Å². The lowest BCUT2D eigenvalue weighted by atomic mass is 9.99. The van der Waals surface area contributed by atoms with Crippen molar-refractivity contribution in [2.75, 3.05) is 24.6 Å². The summed E-state index contributed by atoms with van der Waals surface area (Å²) < 4.78 is 1.21. The predicted octanol–water partition coefficient (Wildman–Crippen LogP) is 2.49. The van der Waals surface area contributed by atoms with Crippen molar-refractivity contribution in [3.05, 3.63) is 29.3 Å². The molecule has 7 nitrogen and oxygen atoms in total. The van der Waals surface area contributed by atoms with Crippen LogP contribution in [0.5, 0.6) is 0 Å². The maximum atomic E-state index is 12.5. The van der Waals surface area contributed by atoms with E-state index in [0.717, 1.165) is 36.5 Å². The molecule has 3 aromatic rings. The molecule has 1 aliphatic rings. The zero-order valence-corrected chi connectivity index (χ0v) is 15.1. The molecule has 0 bridgehead atoms. The lowest BCUT2D eigenvalue weighted by Gasteiger charge is -2.31. The van der Waals surface area contributed by atoms with Crippen LogP contribution >= 0.6 is 23.1 Å². The molecule has 2 aromatic heterocycles. The first-order valence-electron chi connectivity index (χ1n) is 8.13. The molecule has 1 aromatic carbocycles. The van der Waals surface area contributed by atoms with Crippen molar-refractivity contribution >= 4 is 45.2 Å². The normalized spacial score (nSPS) is 17.9. The third kappa shape index (κ3) is 3.62. The SMILES string of the molecule is Nc1nc(SCC(=O)N2CCCC(c3nc4ccccc4s3)C2)n[nH]1. The summed E-state index contributed by atoms with van der Waals surface area (Å²) in [5.41, 5.74) is 6.54. The Labute approximate surface area is 153 Å². The number of nitrogens with zero attached hydrogens (tertiary/aromatic N) is 4. The number of H-pyrrole nitrogens is 1. The first-order valence-corrected chi connectivity index (χ1v) is 9.93. The highest BCUT2D eigenvalue weighted by Gasteiger charge is 2.27. The van der Waals surface area contributed by atoms with Gasteiger partial charge in [-0.05, 0) is 25.0 Å². The average Bonchev–Trinajstić information content (AvgIpc) is 3.25. The van der Waals surface area contributed by atoms with E-state index in [0.29, 0.717) is 16.8 Å². The van der Waals surface area contributed by atoms with Crippen molar-refractivity contribution in [3.63, 3.8) is 0 Å². The number of nitrogens with one attached hydrogen (secondary N) is 1. The lowest BCUT2D eigenvalue weighted by molar-refractivity contribution is -0.129. The van der Waals surface area contributed by atoms with Gasteiger partial charge in [0, 0.05) is 19.0 Å². The predicted molar refractivity (Wildman–Crippen MR) is 99.7 cm³/mol. The Morgan fingerprint density at radius 3 is 3.08 bits per heavy atom. The maximum absolute atomic E-state index is 12.5. The molecule has 1 aliphatic heterocycles. The van der Waals surface area contributed by atoms with E-state index in [2.05, 4.69) is 21.2 Å². The van der Waals surface area contributed by atoms with Crippen molar-refractivity contribution in [2.24, 2.45) is 0 Å². The number of carbonyl (C=O) groups is 1. The fraction of sp³-hybridized carbons (Fsp3) is 0.375. The van der Waals surface area contributed by atoms with E-state index in [1.165, 1.54) is 16.5 Å². The van der Waals surface area contributed by atoms with Crippen LogP contribution in [0, 0.1) is 0 Å². The van der Waals surface area contributed by atoms with Crippen molar-refractivity contribution in [3.8, 4) is 0 Å². The summed E-state index contributed by atoms with van der Waals surface area (Å²) in [6, 6.07) is 8.19. The summed E-state index contributed by atoms with van der Waals surface area (Å²) in [6.07, 6.45) is 2.08. The fourth-order valence-corrected chi connectivity index (χ4v) is 4.81. The minimum absolute atomic E-state index is 0.110. The number of para-hydroxylation sites is 1. The number of benzene rings is 1. The van der Waals surface area contributed by atoms with Crippen molar-refractivity contribution < 1.29 is 4.79 Å². The molecule has 3 N–H and O–H groups in total. The number of thioether (sulfide) groups is 1. The van der Waals surface area contributed by atoms with Gasteiger partial charge >= 0.3 is 0 Å². The molecular weight excluding hydrogens is 356 g/mol. The number of hydrogen-bond acceptors (Lipinski definition) is 7. The van der Waals surface area contributed by atoms with Crippen molar-refractivity contribution in [1.29, 1.82) is 0 Å². The quantitative estimate of drug-likeness (QED) is 0.681. The molecular formula is C16H18N6OS2. The zero-order chi connectivity index (χ0) is 17.2. The van der Waals surface area contributed by atoms with Gasteiger partial charge in [-0.1, -0.05) is 23.9 Å². The second-order valence-electron chi connectivity index (χ2n) is 5.99. The van der Waals surface area contributed by atoms with Crippen LogP contribution in [0.25, 0.3) is 10.2 Å². The van der Waals surface area contributed by atoms with Crippen LogP contribution in [0.1, 0.15) is 23.8 Å². The van der Waals surface area contributed by atoms with Crippen LogP contribution in [0.15, 0.2) is 29.4 Å². The number of likely N-dealkylation sites (tertiary alicyclic amines) is 1. The van der Waals surface area contributed by atoms with Crippen molar-refractivity contribution in [1.82, 2.24) is 25.1 Å². The second-order valence-corrected chi connectivity index (χ2v) is 8.00. The number of piperidine rings is 1. The summed E-state index contributed by atoms with van der Waals surface area (Å²) in [7, 11) is 0. The summed E-state index contributed by atoms with van der Waals surface area (Å²) in [6.45, 7) is 1.53. The van der Waals surface area contributed by atoms with Crippen LogP contribution in [-0.2, 0) is 4.79 Å². The molecule has 1 atom stereocenters. The number of nitrogens with two attached hydrogens (primary N) is 1. The van der Waals surface area contributed by atoms with E-state index in [1.54, 1.807) is 11.3 Å². The number of thiazole rings is 1. The highest BCUT2D eigenvalue weighted by Crippen LogP contribution is 2.33. The van der Waals surface area contributed by atoms with Crippen LogP contribution < -0.4 is 5.73 Å². The van der Waals surface area contributed by atoms with Gasteiger partial charge in [0.25, 0.3) is 0 Å². The van der Waals surface area contributed by atoms with Crippen LogP contribution in [0.4, 0.5) is 5.95 Å². The van der Waals surface area contributed by atoms with Gasteiger partial charge in [0.1, 0.15) is 0 Å². The highest BCUT2D eigenvalue weighted by molar-refractivity contribution is 7.99. The molecule has 130 valence electrons. The maximum Gasteiger partial charge on any atom is 0.233 e. The van der Waals surface area contributed by atoms with Gasteiger partial charge in [0.15, 0.2) is 0 Å². The van der Waals surface area contributed by atoms with Crippen LogP contribution in [0.2, 0.25) is 0 Å². The molecule has 1 unspecified atom stereocenters. The van der Waals surface area contributed by atoms with E-state index >= 15 is 0 Å². The van der Waals surface area contributed by atoms with E-state index < -0.39 is 0 Å². The van der Waals surface area contributed by atoms with Gasteiger partial charge in [-0.15, -0.1) is 16.4 Å². The van der Waals surface area contributed by atoms with Crippen LogP contribution in [0.3, 0.4) is 0 Å². The number of carbonyl (C=O) groups excluding carboxylic acids is 1. The Bertz CT molecular complexity index is 859. The summed E-state index contributed by atoms with van der Waals surface area (Å²) in [4.78, 5) is 23.2. The molecule has 1 fully saturated rings. The summed E-state index contributed by atoms with van der Waals surface area (Å²) in [5.74, 6) is 1.02. The number of rotatable bonds is 4. The summed E-state index contributed by atoms with van der Waals surface area (Å²) >= 11 is 3.04. The largest absolute Gasteiger partial charge is 0.368 e. The molecule has 3 heterocycles. The standard InChI is InChI=1S/C16H18N6OS2/c17-15-19-16(21-20-15)24-9-13(23)22-7-3-4-10(8-22)14-18-11-5-1-2-6-12(11)25-14/h1-2,5-6,10H,3-4,7-9H2,(H3,17,19,20,21). The highest BCUT2D eigenvalue weighted by atomic mass is 32.2. The molecule has 0 saturated carbocycles. The molecule has 0 aliphatic carbocycles. The molecule has 25 heavy (non-hydrogen) atoms. The Morgan fingerprint density at radius 1 is 1.40 bits per heavy atom. The zero-order valence-electron chi connectivity index (χ0n) is 13.5. The molecule has 4 rings (SSSR count). The number of aromatic amines is 1. The molecule has 9 heteroatoms. The number of aromatic nitrogens is 4. The van der Waals surface area contributed by atoms with Gasteiger partial charge < -0.3 is 10.6 Å². The number of hydrogen-bond donors (Lipinski definition) is 2. The average molecular weight is 374 g/mol. The molecule has 0 radical (unpaired) electrons. The molecule has 1 saturated heterocycles. The first kappa shape index (κ1) is 16.3. The molecule has 1 amide bonds. The summed E-state index contributed by atoms with van der Waals surface area (Å²) in [5, 5.41) is 8.16. The second kappa shape index (κ2) is 7.01. The Balaban J connectivity index is 1.40. The third-order valence-electron chi connectivity index (χ3n) is 4.24. The third-order valence-corrected chi connectivity index (χ3v) is 6.27. The minimum Gasteiger partial charge on any atom is -0.368 e. The van der Waals surface area contributed by atoms with Crippen LogP contribution in [-0.4, -0.2) is 49.8 Å². The van der Waals surface area contributed by atoms with Crippen molar-refractivity contribution in [2.45, 2.75) is 23.9 Å². The number of amides is 1. The number of anilines is 1. The van der Waals surface area contributed by atoms with Gasteiger partial charge in [0.2, 0.25) is 17.0 Å². The van der Waals surface area contributed by atoms with Gasteiger partial charge in [-0.25, -0.2) is 10.1 Å². The van der Waals surface area contributed by atoms with Gasteiger partial charge in [-0.3, -0.25) is 4.79 Å². The topological polar surface area (TPSA) is 101 Å². The van der Waals surface area contributed by atoms with E-state index in [-0.39, 0.29) is 11.9 Å².